The van der Waals surface area contributed by atoms with Crippen molar-refractivity contribution in [2.24, 2.45) is 7.05 Å². The van der Waals surface area contributed by atoms with Gasteiger partial charge in [-0.3, -0.25) is 4.98 Å². The highest BCUT2D eigenvalue weighted by Gasteiger charge is 2.21. The SMILES string of the molecule is Cn1c(-c2cccc3c2[nH]c2ccccc23)nc2c(-c3cc(-c4cc(-c5ccccc5)ccn4)cc(C(C)(C)C)c3)cccc21. The van der Waals surface area contributed by atoms with Gasteiger partial charge in [0.2, 0.25) is 0 Å². The molecule has 0 saturated carbocycles. The molecule has 5 aromatic carbocycles. The van der Waals surface area contributed by atoms with Crippen LogP contribution in [0.25, 0.3) is 77.7 Å². The summed E-state index contributed by atoms with van der Waals surface area (Å²) < 4.78 is 2.22. The van der Waals surface area contributed by atoms with Crippen LogP contribution in [-0.4, -0.2) is 19.5 Å². The number of H-pyrrole nitrogens is 1. The second-order valence-corrected chi connectivity index (χ2v) is 12.9. The summed E-state index contributed by atoms with van der Waals surface area (Å²) in [5.41, 5.74) is 13.3. The maximum atomic E-state index is 5.35. The fraction of sp³-hybridized carbons (Fsp3) is 0.122. The van der Waals surface area contributed by atoms with Crippen LogP contribution < -0.4 is 0 Å². The molecular formula is C41H34N4. The first-order valence-corrected chi connectivity index (χ1v) is 15.5. The zero-order chi connectivity index (χ0) is 30.7. The second-order valence-electron chi connectivity index (χ2n) is 12.9. The van der Waals surface area contributed by atoms with Gasteiger partial charge in [-0.25, -0.2) is 4.98 Å². The van der Waals surface area contributed by atoms with Crippen LogP contribution in [0.4, 0.5) is 0 Å². The zero-order valence-electron chi connectivity index (χ0n) is 26.0. The van der Waals surface area contributed by atoms with Gasteiger partial charge in [0.05, 0.1) is 22.2 Å². The minimum atomic E-state index is -0.0454. The Balaban J connectivity index is 1.31. The highest BCUT2D eigenvalue weighted by Crippen LogP contribution is 2.39. The molecule has 0 amide bonds. The molecular weight excluding hydrogens is 548 g/mol. The predicted octanol–water partition coefficient (Wildman–Crippen LogP) is 10.6. The van der Waals surface area contributed by atoms with Crippen molar-refractivity contribution in [1.29, 1.82) is 0 Å². The van der Waals surface area contributed by atoms with Crippen molar-refractivity contribution in [3.05, 3.63) is 133 Å². The van der Waals surface area contributed by atoms with Crippen molar-refractivity contribution in [2.45, 2.75) is 26.2 Å². The molecule has 4 nitrogen and oxygen atoms in total. The van der Waals surface area contributed by atoms with E-state index in [1.54, 1.807) is 0 Å². The Hall–Kier alpha value is -5.48. The minimum absolute atomic E-state index is 0.0454. The number of nitrogens with one attached hydrogen (secondary N) is 1. The quantitative estimate of drug-likeness (QED) is 0.224. The molecule has 0 unspecified atom stereocenters. The minimum Gasteiger partial charge on any atom is -0.354 e. The van der Waals surface area contributed by atoms with Crippen LogP contribution in [-0.2, 0) is 12.5 Å². The highest BCUT2D eigenvalue weighted by atomic mass is 15.1. The van der Waals surface area contributed by atoms with Crippen LogP contribution in [0.2, 0.25) is 0 Å². The van der Waals surface area contributed by atoms with Crippen molar-refractivity contribution in [2.75, 3.05) is 0 Å². The summed E-state index contributed by atoms with van der Waals surface area (Å²) in [5.74, 6) is 0.944. The van der Waals surface area contributed by atoms with E-state index in [1.807, 2.05) is 6.20 Å². The average molecular weight is 583 g/mol. The fourth-order valence-corrected chi connectivity index (χ4v) is 6.51. The number of nitrogens with zero attached hydrogens (tertiary/aromatic N) is 3. The van der Waals surface area contributed by atoms with Gasteiger partial charge in [-0.15, -0.1) is 0 Å². The summed E-state index contributed by atoms with van der Waals surface area (Å²) in [7, 11) is 2.12. The van der Waals surface area contributed by atoms with Crippen molar-refractivity contribution < 1.29 is 0 Å². The van der Waals surface area contributed by atoms with Crippen LogP contribution in [0.1, 0.15) is 26.3 Å². The van der Waals surface area contributed by atoms with E-state index in [1.165, 1.54) is 21.9 Å². The van der Waals surface area contributed by atoms with E-state index in [9.17, 15) is 0 Å². The number of aromatic amines is 1. The topological polar surface area (TPSA) is 46.5 Å². The van der Waals surface area contributed by atoms with Crippen molar-refractivity contribution >= 4 is 32.8 Å². The number of aromatic nitrogens is 4. The third-order valence-corrected chi connectivity index (χ3v) is 8.97. The molecule has 1 N–H and O–H groups in total. The van der Waals surface area contributed by atoms with Gasteiger partial charge in [0.25, 0.3) is 0 Å². The smallest absolute Gasteiger partial charge is 0.143 e. The van der Waals surface area contributed by atoms with Crippen molar-refractivity contribution in [1.82, 2.24) is 19.5 Å². The zero-order valence-corrected chi connectivity index (χ0v) is 26.0. The first kappa shape index (κ1) is 27.1. The number of hydrogen-bond acceptors (Lipinski definition) is 2. The number of para-hydroxylation sites is 3. The van der Waals surface area contributed by atoms with E-state index in [-0.39, 0.29) is 5.41 Å². The standard InChI is InChI=1S/C41H34N4/c1-41(2,3)30-23-28(22-29(24-30)36-25-27(20-21-42-36)26-12-6-5-7-13-26)31-15-11-19-37-39(31)44-40(45(37)4)34-17-10-16-33-32-14-8-9-18-35(32)43-38(33)34/h5-25,43H,1-4H3. The van der Waals surface area contributed by atoms with Gasteiger partial charge in [-0.1, -0.05) is 99.6 Å². The molecule has 0 aliphatic carbocycles. The molecule has 218 valence electrons. The normalized spacial score (nSPS) is 12.0. The molecule has 0 spiro atoms. The molecule has 0 bridgehead atoms. The van der Waals surface area contributed by atoms with Crippen molar-refractivity contribution in [3.63, 3.8) is 0 Å². The summed E-state index contributed by atoms with van der Waals surface area (Å²) in [6.07, 6.45) is 1.91. The van der Waals surface area contributed by atoms with E-state index in [0.717, 1.165) is 61.4 Å². The summed E-state index contributed by atoms with van der Waals surface area (Å²) in [6, 6.07) is 43.1. The van der Waals surface area contributed by atoms with Crippen LogP contribution in [0, 0.1) is 0 Å². The maximum absolute atomic E-state index is 5.35. The largest absolute Gasteiger partial charge is 0.354 e. The van der Waals surface area contributed by atoms with Gasteiger partial charge < -0.3 is 9.55 Å². The number of hydrogen-bond donors (Lipinski definition) is 1. The number of fused-ring (bicyclic) bond motifs is 4. The summed E-state index contributed by atoms with van der Waals surface area (Å²) >= 11 is 0. The third kappa shape index (κ3) is 4.61. The molecule has 8 rings (SSSR count). The fourth-order valence-electron chi connectivity index (χ4n) is 6.51. The number of rotatable bonds is 4. The summed E-state index contributed by atoms with van der Waals surface area (Å²) in [6.45, 7) is 6.80. The maximum Gasteiger partial charge on any atom is 0.143 e. The van der Waals surface area contributed by atoms with E-state index < -0.39 is 0 Å². The first-order chi connectivity index (χ1) is 21.8. The number of benzene rings is 5. The molecule has 0 atom stereocenters. The van der Waals surface area contributed by atoms with Gasteiger partial charge in [0.1, 0.15) is 5.82 Å². The van der Waals surface area contributed by atoms with Gasteiger partial charge in [-0.05, 0) is 70.1 Å². The van der Waals surface area contributed by atoms with Crippen LogP contribution in [0.15, 0.2) is 128 Å². The molecule has 3 heterocycles. The average Bonchev–Trinajstić information content (AvgIpc) is 3.62. The molecule has 3 aromatic heterocycles. The Morgan fingerprint density at radius 1 is 0.622 bits per heavy atom. The van der Waals surface area contributed by atoms with E-state index in [4.69, 9.17) is 9.97 Å². The van der Waals surface area contributed by atoms with Crippen molar-refractivity contribution in [3.8, 4) is 44.9 Å². The number of aryl methyl sites for hydroxylation is 1. The van der Waals surface area contributed by atoms with Gasteiger partial charge in [0.15, 0.2) is 0 Å². The molecule has 8 aromatic rings. The molecule has 4 heteroatoms. The van der Waals surface area contributed by atoms with Crippen LogP contribution in [0.3, 0.4) is 0 Å². The van der Waals surface area contributed by atoms with Gasteiger partial charge in [-0.2, -0.15) is 0 Å². The third-order valence-electron chi connectivity index (χ3n) is 8.97. The lowest BCUT2D eigenvalue weighted by Crippen LogP contribution is -2.11. The lowest BCUT2D eigenvalue weighted by atomic mass is 9.83. The highest BCUT2D eigenvalue weighted by molar-refractivity contribution is 6.11. The number of pyridine rings is 1. The van der Waals surface area contributed by atoms with E-state index in [2.05, 4.69) is 159 Å². The molecule has 0 aliphatic rings. The first-order valence-electron chi connectivity index (χ1n) is 15.5. The molecule has 0 aliphatic heterocycles. The van der Waals surface area contributed by atoms with E-state index >= 15 is 0 Å². The Bertz CT molecular complexity index is 2370. The summed E-state index contributed by atoms with van der Waals surface area (Å²) in [4.78, 5) is 13.9. The van der Waals surface area contributed by atoms with Crippen LogP contribution >= 0.6 is 0 Å². The molecule has 45 heavy (non-hydrogen) atoms. The van der Waals surface area contributed by atoms with Crippen LogP contribution in [0.5, 0.6) is 0 Å². The Morgan fingerprint density at radius 3 is 2.20 bits per heavy atom. The monoisotopic (exact) mass is 582 g/mol. The Labute approximate surface area is 263 Å². The van der Waals surface area contributed by atoms with Gasteiger partial charge >= 0.3 is 0 Å². The molecule has 0 radical (unpaired) electrons. The summed E-state index contributed by atoms with van der Waals surface area (Å²) in [5, 5.41) is 2.44. The lowest BCUT2D eigenvalue weighted by Gasteiger charge is -2.22. The predicted molar refractivity (Wildman–Crippen MR) is 188 cm³/mol. The number of imidazole rings is 1. The second kappa shape index (κ2) is 10.3. The molecule has 0 fully saturated rings. The van der Waals surface area contributed by atoms with E-state index in [0.29, 0.717) is 0 Å². The van der Waals surface area contributed by atoms with Gasteiger partial charge in [0, 0.05) is 46.2 Å². The molecule has 0 saturated heterocycles. The Kier molecular flexibility index (Phi) is 6.21. The Morgan fingerprint density at radius 2 is 1.36 bits per heavy atom. The lowest BCUT2D eigenvalue weighted by molar-refractivity contribution is 0.590.